The van der Waals surface area contributed by atoms with Crippen LogP contribution in [0, 0.1) is 11.8 Å². The maximum absolute atomic E-state index is 5.93. The van der Waals surface area contributed by atoms with Gasteiger partial charge in [-0.25, -0.2) is 0 Å². The summed E-state index contributed by atoms with van der Waals surface area (Å²) in [5.41, 5.74) is 23.7. The molecule has 0 saturated carbocycles. The molecule has 10 N–H and O–H groups in total. The normalized spacial score (nSPS) is 14.3. The molecule has 0 saturated heterocycles. The van der Waals surface area contributed by atoms with E-state index in [1.807, 2.05) is 0 Å². The minimum absolute atomic E-state index is 0. The predicted molar refractivity (Wildman–Crippen MR) is 172 cm³/mol. The van der Waals surface area contributed by atoms with Gasteiger partial charge in [-0.15, -0.1) is 24.8 Å². The minimum Gasteiger partial charge on any atom is -0.370 e. The summed E-state index contributed by atoms with van der Waals surface area (Å²) in [5, 5.41) is 5.76. The maximum atomic E-state index is 5.93. The highest BCUT2D eigenvalue weighted by molar-refractivity contribution is 5.97. The van der Waals surface area contributed by atoms with Crippen molar-refractivity contribution >= 4 is 48.7 Å². The second-order valence-corrected chi connectivity index (χ2v) is 9.48. The van der Waals surface area contributed by atoms with E-state index in [2.05, 4.69) is 58.3 Å². The minimum atomic E-state index is 0. The van der Waals surface area contributed by atoms with Gasteiger partial charge < -0.3 is 22.9 Å². The fourth-order valence-corrected chi connectivity index (χ4v) is 3.69. The first-order valence-electron chi connectivity index (χ1n) is 14.1. The Labute approximate surface area is 244 Å². The van der Waals surface area contributed by atoms with Crippen LogP contribution in [0.3, 0.4) is 0 Å². The summed E-state index contributed by atoms with van der Waals surface area (Å²) in [4.78, 5) is 17.5. The van der Waals surface area contributed by atoms with Crippen LogP contribution in [-0.4, -0.2) is 50.0 Å². The van der Waals surface area contributed by atoms with Gasteiger partial charge >= 0.3 is 0 Å². The molecule has 10 nitrogen and oxygen atoms in total. The molecule has 0 heterocycles. The molecule has 38 heavy (non-hydrogen) atoms. The Bertz CT molecular complexity index is 612. The van der Waals surface area contributed by atoms with Gasteiger partial charge in [-0.2, -0.15) is 0 Å². The number of nitrogens with one attached hydrogen (secondary N) is 2. The highest BCUT2D eigenvalue weighted by Crippen LogP contribution is 2.13. The Hall–Kier alpha value is -1.94. The van der Waals surface area contributed by atoms with E-state index in [1.165, 1.54) is 38.5 Å². The van der Waals surface area contributed by atoms with E-state index in [1.54, 1.807) is 0 Å². The van der Waals surface area contributed by atoms with Crippen LogP contribution in [0.25, 0.3) is 0 Å². The molecule has 0 spiro atoms. The van der Waals surface area contributed by atoms with E-state index in [0.29, 0.717) is 48.8 Å². The van der Waals surface area contributed by atoms with Crippen molar-refractivity contribution in [2.75, 3.05) is 26.2 Å². The quantitative estimate of drug-likeness (QED) is 0.0754. The molecular weight excluding hydrogens is 523 g/mol. The lowest BCUT2D eigenvalue weighted by molar-refractivity contribution is 0.462. The Morgan fingerprint density at radius 3 is 1.18 bits per heavy atom. The summed E-state index contributed by atoms with van der Waals surface area (Å²) in [6, 6.07) is 0. The Balaban J connectivity index is -0.00000612. The average molecular weight is 582 g/mol. The summed E-state index contributed by atoms with van der Waals surface area (Å²) in [6.07, 6.45) is 13.4. The zero-order valence-electron chi connectivity index (χ0n) is 24.4. The molecule has 2 atom stereocenters. The van der Waals surface area contributed by atoms with E-state index >= 15 is 0 Å². The number of guanidine groups is 4. The monoisotopic (exact) mass is 580 g/mol. The van der Waals surface area contributed by atoms with Gasteiger partial charge in [0.1, 0.15) is 0 Å². The second-order valence-electron chi connectivity index (χ2n) is 9.48. The molecule has 226 valence electrons. The van der Waals surface area contributed by atoms with E-state index in [4.69, 9.17) is 22.9 Å². The van der Waals surface area contributed by atoms with Crippen LogP contribution >= 0.6 is 24.8 Å². The van der Waals surface area contributed by atoms with Gasteiger partial charge in [-0.05, 0) is 37.5 Å². The number of halogens is 2. The molecule has 0 radical (unpaired) electrons. The van der Waals surface area contributed by atoms with Crippen LogP contribution in [0.2, 0.25) is 0 Å². The lowest BCUT2D eigenvalue weighted by atomic mass is 10.00. The summed E-state index contributed by atoms with van der Waals surface area (Å²) in [7, 11) is 0. The van der Waals surface area contributed by atoms with Crippen molar-refractivity contribution in [2.24, 2.45) is 54.7 Å². The van der Waals surface area contributed by atoms with Crippen molar-refractivity contribution in [3.63, 3.8) is 0 Å². The van der Waals surface area contributed by atoms with Crippen LogP contribution in [-0.2, 0) is 0 Å². The number of aliphatic imine (C=N–C) groups is 4. The topological polar surface area (TPSA) is 178 Å². The van der Waals surface area contributed by atoms with Gasteiger partial charge in [0.2, 0.25) is 0 Å². The first-order valence-corrected chi connectivity index (χ1v) is 14.1. The number of nitrogens with zero attached hydrogens (tertiary/aromatic N) is 4. The summed E-state index contributed by atoms with van der Waals surface area (Å²) in [5.74, 6) is 2.44. The number of unbranched alkanes of at least 4 members (excludes halogenated alkanes) is 5. The standard InChI is InChI=1S/C26H56N10.2ClH/c1-5-9-15-21(7-3)19-33-25(29)35-23(27)31-17-13-11-12-14-18-32-24(28)36-26(30)34-20-22(8-4)16-10-6-2;;/h21-22H,5-20H2,1-4H3,(H5,27,29,31,33,35)(H5,28,30,32,34,36);2*1H. The second kappa shape index (κ2) is 28.1. The molecule has 0 aromatic carbocycles. The van der Waals surface area contributed by atoms with Gasteiger partial charge in [0.15, 0.2) is 23.8 Å². The third kappa shape index (κ3) is 24.4. The van der Waals surface area contributed by atoms with E-state index in [-0.39, 0.29) is 24.8 Å². The molecule has 0 aliphatic rings. The zero-order valence-corrected chi connectivity index (χ0v) is 26.0. The van der Waals surface area contributed by atoms with Crippen LogP contribution in [0.15, 0.2) is 20.0 Å². The van der Waals surface area contributed by atoms with Crippen LogP contribution in [0.1, 0.15) is 105 Å². The number of hydrogen-bond acceptors (Lipinski definition) is 4. The van der Waals surface area contributed by atoms with Crippen molar-refractivity contribution < 1.29 is 0 Å². The van der Waals surface area contributed by atoms with Gasteiger partial charge in [0.05, 0.1) is 0 Å². The highest BCUT2D eigenvalue weighted by atomic mass is 35.5. The number of rotatable bonds is 19. The highest BCUT2D eigenvalue weighted by Gasteiger charge is 2.06. The van der Waals surface area contributed by atoms with Crippen molar-refractivity contribution in [1.82, 2.24) is 10.6 Å². The van der Waals surface area contributed by atoms with Crippen LogP contribution in [0.5, 0.6) is 0 Å². The van der Waals surface area contributed by atoms with Crippen LogP contribution < -0.4 is 33.6 Å². The summed E-state index contributed by atoms with van der Waals surface area (Å²) >= 11 is 0. The van der Waals surface area contributed by atoms with Gasteiger partial charge in [0.25, 0.3) is 0 Å². The van der Waals surface area contributed by atoms with Crippen molar-refractivity contribution in [1.29, 1.82) is 0 Å². The third-order valence-electron chi connectivity index (χ3n) is 6.27. The number of nitrogens with two attached hydrogens (primary N) is 4. The molecule has 0 aromatic rings. The lowest BCUT2D eigenvalue weighted by Crippen LogP contribution is -2.42. The molecule has 0 aliphatic heterocycles. The SMILES string of the molecule is CCCCC(CC)CN=C(N)NC(N)=NCCCCCCN=C(N)NC(N)=NCC(CC)CCCC.Cl.Cl. The Morgan fingerprint density at radius 1 is 0.526 bits per heavy atom. The fourth-order valence-electron chi connectivity index (χ4n) is 3.69. The maximum Gasteiger partial charge on any atom is 0.195 e. The molecule has 0 bridgehead atoms. The van der Waals surface area contributed by atoms with Gasteiger partial charge in [0, 0.05) is 26.2 Å². The lowest BCUT2D eigenvalue weighted by Gasteiger charge is -2.12. The van der Waals surface area contributed by atoms with E-state index in [0.717, 1.165) is 51.6 Å². The van der Waals surface area contributed by atoms with Crippen molar-refractivity contribution in [3.8, 4) is 0 Å². The summed E-state index contributed by atoms with van der Waals surface area (Å²) in [6.45, 7) is 11.5. The van der Waals surface area contributed by atoms with Crippen molar-refractivity contribution in [3.05, 3.63) is 0 Å². The largest absolute Gasteiger partial charge is 0.370 e. The molecule has 0 aromatic heterocycles. The molecule has 0 fully saturated rings. The molecule has 2 unspecified atom stereocenters. The number of hydrogen-bond donors (Lipinski definition) is 6. The Kier molecular flexibility index (Phi) is 30.0. The molecule has 0 rings (SSSR count). The molecule has 0 amide bonds. The first kappa shape index (κ1) is 40.6. The first-order chi connectivity index (χ1) is 17.4. The van der Waals surface area contributed by atoms with E-state index < -0.39 is 0 Å². The van der Waals surface area contributed by atoms with Gasteiger partial charge in [-0.3, -0.25) is 30.6 Å². The molecule has 12 heteroatoms. The molecule has 0 aliphatic carbocycles. The fraction of sp³-hybridized carbons (Fsp3) is 0.846. The predicted octanol–water partition coefficient (Wildman–Crippen LogP) is 4.26. The van der Waals surface area contributed by atoms with Gasteiger partial charge in [-0.1, -0.05) is 79.1 Å². The summed E-state index contributed by atoms with van der Waals surface area (Å²) < 4.78 is 0. The Morgan fingerprint density at radius 2 is 0.868 bits per heavy atom. The van der Waals surface area contributed by atoms with E-state index in [9.17, 15) is 0 Å². The average Bonchev–Trinajstić information content (AvgIpc) is 2.85. The zero-order chi connectivity index (χ0) is 27.0. The molecular formula is C26H58Cl2N10. The van der Waals surface area contributed by atoms with Crippen LogP contribution in [0.4, 0.5) is 0 Å². The smallest absolute Gasteiger partial charge is 0.195 e. The third-order valence-corrected chi connectivity index (χ3v) is 6.27. The van der Waals surface area contributed by atoms with Crippen molar-refractivity contribution in [2.45, 2.75) is 105 Å².